The second-order valence-corrected chi connectivity index (χ2v) is 6.62. The lowest BCUT2D eigenvalue weighted by atomic mass is 9.89. The molecule has 4 rings (SSSR count). The second kappa shape index (κ2) is 4.37. The van der Waals surface area contributed by atoms with Crippen LogP contribution in [0.5, 0.6) is 5.75 Å². The van der Waals surface area contributed by atoms with Gasteiger partial charge in [0.15, 0.2) is 0 Å². The van der Waals surface area contributed by atoms with Gasteiger partial charge < -0.3 is 4.74 Å². The van der Waals surface area contributed by atoms with Gasteiger partial charge in [0.2, 0.25) is 0 Å². The Bertz CT molecular complexity index is 716. The standard InChI is InChI=1S/C20H22O/c1-4-5-14-12-20(14)18-10-13(2)6-8-16(18)17-9-7-15(21-3)11-19(17)20/h6-11,14H,4-5,12H2,1-3H3. The molecule has 2 aliphatic rings. The van der Waals surface area contributed by atoms with Crippen LogP contribution in [0, 0.1) is 12.8 Å². The van der Waals surface area contributed by atoms with Crippen molar-refractivity contribution in [1.29, 1.82) is 0 Å². The largest absolute Gasteiger partial charge is 0.497 e. The molecule has 2 aromatic carbocycles. The summed E-state index contributed by atoms with van der Waals surface area (Å²) in [5.74, 6) is 1.79. The van der Waals surface area contributed by atoms with E-state index in [-0.39, 0.29) is 5.41 Å². The van der Waals surface area contributed by atoms with E-state index in [1.165, 1.54) is 41.5 Å². The number of rotatable bonds is 3. The second-order valence-electron chi connectivity index (χ2n) is 6.62. The minimum atomic E-state index is 0.279. The maximum Gasteiger partial charge on any atom is 0.119 e. The van der Waals surface area contributed by atoms with Crippen LogP contribution in [0.2, 0.25) is 0 Å². The molecule has 0 bridgehead atoms. The van der Waals surface area contributed by atoms with Crippen LogP contribution in [0.3, 0.4) is 0 Å². The number of benzene rings is 2. The molecule has 0 amide bonds. The predicted octanol–water partition coefficient (Wildman–Crippen LogP) is 5.09. The molecule has 108 valence electrons. The number of methoxy groups -OCH3 is 1. The van der Waals surface area contributed by atoms with Crippen molar-refractivity contribution in [1.82, 2.24) is 0 Å². The Hall–Kier alpha value is -1.76. The van der Waals surface area contributed by atoms with Crippen molar-refractivity contribution in [2.24, 2.45) is 5.92 Å². The molecule has 2 unspecified atom stereocenters. The molecule has 0 aromatic heterocycles. The molecule has 0 radical (unpaired) electrons. The van der Waals surface area contributed by atoms with E-state index in [9.17, 15) is 0 Å². The third-order valence-electron chi connectivity index (χ3n) is 5.40. The molecule has 0 N–H and O–H groups in total. The number of fused-ring (bicyclic) bond motifs is 5. The Labute approximate surface area is 127 Å². The lowest BCUT2D eigenvalue weighted by Crippen LogP contribution is -2.08. The number of ether oxygens (including phenoxy) is 1. The van der Waals surface area contributed by atoms with Crippen LogP contribution in [0.4, 0.5) is 0 Å². The first-order valence-electron chi connectivity index (χ1n) is 8.00. The van der Waals surface area contributed by atoms with Crippen LogP contribution in [0.25, 0.3) is 11.1 Å². The van der Waals surface area contributed by atoms with E-state index in [1.807, 2.05) is 0 Å². The Morgan fingerprint density at radius 1 is 1.10 bits per heavy atom. The van der Waals surface area contributed by atoms with Gasteiger partial charge in [0, 0.05) is 5.41 Å². The van der Waals surface area contributed by atoms with Gasteiger partial charge in [0.25, 0.3) is 0 Å². The fraction of sp³-hybridized carbons (Fsp3) is 0.400. The summed E-state index contributed by atoms with van der Waals surface area (Å²) < 4.78 is 5.48. The predicted molar refractivity (Wildman–Crippen MR) is 87.0 cm³/mol. The molecule has 0 aliphatic heterocycles. The van der Waals surface area contributed by atoms with Gasteiger partial charge in [0.1, 0.15) is 5.75 Å². The van der Waals surface area contributed by atoms with E-state index < -0.39 is 0 Å². The van der Waals surface area contributed by atoms with E-state index in [1.54, 1.807) is 12.7 Å². The van der Waals surface area contributed by atoms with Gasteiger partial charge in [-0.1, -0.05) is 43.2 Å². The van der Waals surface area contributed by atoms with E-state index in [2.05, 4.69) is 50.2 Å². The third-order valence-corrected chi connectivity index (χ3v) is 5.40. The first-order chi connectivity index (χ1) is 10.2. The zero-order valence-corrected chi connectivity index (χ0v) is 13.1. The minimum absolute atomic E-state index is 0.279. The fourth-order valence-electron chi connectivity index (χ4n) is 4.35. The molecule has 2 atom stereocenters. The van der Waals surface area contributed by atoms with Crippen LogP contribution >= 0.6 is 0 Å². The van der Waals surface area contributed by atoms with Gasteiger partial charge in [-0.3, -0.25) is 0 Å². The summed E-state index contributed by atoms with van der Waals surface area (Å²) in [4.78, 5) is 0. The van der Waals surface area contributed by atoms with Crippen LogP contribution in [-0.4, -0.2) is 7.11 Å². The third kappa shape index (κ3) is 1.64. The molecular formula is C20H22O. The van der Waals surface area contributed by atoms with E-state index in [4.69, 9.17) is 4.74 Å². The lowest BCUT2D eigenvalue weighted by Gasteiger charge is -2.15. The Morgan fingerprint density at radius 2 is 1.81 bits per heavy atom. The fourth-order valence-corrected chi connectivity index (χ4v) is 4.35. The molecule has 1 nitrogen and oxygen atoms in total. The van der Waals surface area contributed by atoms with Crippen molar-refractivity contribution >= 4 is 0 Å². The van der Waals surface area contributed by atoms with Gasteiger partial charge in [-0.05, 0) is 60.1 Å². The van der Waals surface area contributed by atoms with Gasteiger partial charge in [-0.2, -0.15) is 0 Å². The monoisotopic (exact) mass is 278 g/mol. The van der Waals surface area contributed by atoms with Crippen molar-refractivity contribution in [2.75, 3.05) is 7.11 Å². The quantitative estimate of drug-likeness (QED) is 0.760. The molecular weight excluding hydrogens is 256 g/mol. The molecule has 21 heavy (non-hydrogen) atoms. The van der Waals surface area contributed by atoms with Gasteiger partial charge in [-0.25, -0.2) is 0 Å². The van der Waals surface area contributed by atoms with E-state index in [0.717, 1.165) is 11.7 Å². The highest BCUT2D eigenvalue weighted by Gasteiger charge is 2.60. The SMILES string of the molecule is CCCC1CC12c1cc(C)ccc1-c1ccc(OC)cc12. The molecule has 0 saturated heterocycles. The van der Waals surface area contributed by atoms with Crippen LogP contribution < -0.4 is 4.74 Å². The molecule has 2 aromatic rings. The highest BCUT2D eigenvalue weighted by molar-refractivity contribution is 5.84. The summed E-state index contributed by atoms with van der Waals surface area (Å²) in [6.45, 7) is 4.50. The summed E-state index contributed by atoms with van der Waals surface area (Å²) in [6.07, 6.45) is 3.90. The minimum Gasteiger partial charge on any atom is -0.497 e. The van der Waals surface area contributed by atoms with Gasteiger partial charge >= 0.3 is 0 Å². The Balaban J connectivity index is 1.94. The number of hydrogen-bond donors (Lipinski definition) is 0. The van der Waals surface area contributed by atoms with Crippen molar-refractivity contribution in [3.63, 3.8) is 0 Å². The van der Waals surface area contributed by atoms with Crippen LogP contribution in [0.15, 0.2) is 36.4 Å². The lowest BCUT2D eigenvalue weighted by molar-refractivity contribution is 0.414. The van der Waals surface area contributed by atoms with Crippen LogP contribution in [-0.2, 0) is 5.41 Å². The Kier molecular flexibility index (Phi) is 2.69. The van der Waals surface area contributed by atoms with E-state index >= 15 is 0 Å². The summed E-state index contributed by atoms with van der Waals surface area (Å²) in [6, 6.07) is 13.6. The summed E-state index contributed by atoms with van der Waals surface area (Å²) in [5.41, 5.74) is 7.57. The number of hydrogen-bond acceptors (Lipinski definition) is 1. The first-order valence-corrected chi connectivity index (χ1v) is 8.00. The maximum atomic E-state index is 5.48. The average Bonchev–Trinajstić information content (AvgIpc) is 3.15. The highest BCUT2D eigenvalue weighted by atomic mass is 16.5. The average molecular weight is 278 g/mol. The Morgan fingerprint density at radius 3 is 2.52 bits per heavy atom. The van der Waals surface area contributed by atoms with E-state index in [0.29, 0.717) is 0 Å². The maximum absolute atomic E-state index is 5.48. The first kappa shape index (κ1) is 12.9. The van der Waals surface area contributed by atoms with Crippen molar-refractivity contribution in [3.8, 4) is 16.9 Å². The van der Waals surface area contributed by atoms with Crippen molar-refractivity contribution < 1.29 is 4.74 Å². The summed E-state index contributed by atoms with van der Waals surface area (Å²) in [7, 11) is 1.76. The van der Waals surface area contributed by atoms with Crippen molar-refractivity contribution in [2.45, 2.75) is 38.5 Å². The summed E-state index contributed by atoms with van der Waals surface area (Å²) in [5, 5.41) is 0. The molecule has 1 heteroatoms. The van der Waals surface area contributed by atoms with Gasteiger partial charge in [-0.15, -0.1) is 0 Å². The molecule has 1 fully saturated rings. The zero-order valence-electron chi connectivity index (χ0n) is 13.1. The molecule has 2 aliphatic carbocycles. The molecule has 1 spiro atoms. The van der Waals surface area contributed by atoms with Crippen molar-refractivity contribution in [3.05, 3.63) is 53.1 Å². The zero-order chi connectivity index (χ0) is 14.6. The highest BCUT2D eigenvalue weighted by Crippen LogP contribution is 2.68. The number of aryl methyl sites for hydroxylation is 1. The molecule has 1 saturated carbocycles. The topological polar surface area (TPSA) is 9.23 Å². The van der Waals surface area contributed by atoms with Gasteiger partial charge in [0.05, 0.1) is 7.11 Å². The smallest absolute Gasteiger partial charge is 0.119 e. The summed E-state index contributed by atoms with van der Waals surface area (Å²) >= 11 is 0. The molecule has 0 heterocycles. The van der Waals surface area contributed by atoms with Crippen LogP contribution in [0.1, 0.15) is 42.9 Å². The normalized spacial score (nSPS) is 24.8.